The Morgan fingerprint density at radius 1 is 1.04 bits per heavy atom. The monoisotopic (exact) mass is 335 g/mol. The highest BCUT2D eigenvalue weighted by Gasteiger charge is 2.27. The molecule has 1 saturated carbocycles. The standard InChI is InChI=1S/C16H13N7S/c1-2-4-11(5-3-1)15-20-18-12-8-9-13(22-23(12)15)24-16-17-14(19-21-16)10-6-7-10/h1-5,8-10H,6-7H2,(H,17,19,21). The van der Waals surface area contributed by atoms with Gasteiger partial charge in [0.2, 0.25) is 5.16 Å². The normalized spacial score (nSPS) is 14.3. The minimum Gasteiger partial charge on any atom is -0.262 e. The molecule has 1 aliphatic rings. The number of fused-ring (bicyclic) bond motifs is 1. The van der Waals surface area contributed by atoms with Gasteiger partial charge in [-0.1, -0.05) is 30.3 Å². The number of nitrogens with one attached hydrogen (secondary N) is 1. The molecule has 3 heterocycles. The summed E-state index contributed by atoms with van der Waals surface area (Å²) >= 11 is 1.43. The van der Waals surface area contributed by atoms with E-state index in [2.05, 4.69) is 30.5 Å². The van der Waals surface area contributed by atoms with Gasteiger partial charge in [0.15, 0.2) is 11.5 Å². The molecule has 0 radical (unpaired) electrons. The highest BCUT2D eigenvalue weighted by Crippen LogP contribution is 2.38. The van der Waals surface area contributed by atoms with E-state index in [1.807, 2.05) is 42.5 Å². The zero-order valence-electron chi connectivity index (χ0n) is 12.6. The summed E-state index contributed by atoms with van der Waals surface area (Å²) in [4.78, 5) is 4.53. The van der Waals surface area contributed by atoms with E-state index in [0.29, 0.717) is 16.7 Å². The van der Waals surface area contributed by atoms with Gasteiger partial charge in [-0.2, -0.15) is 9.61 Å². The third-order valence-corrected chi connectivity index (χ3v) is 4.70. The first-order valence-electron chi connectivity index (χ1n) is 7.75. The van der Waals surface area contributed by atoms with Gasteiger partial charge in [-0.15, -0.1) is 15.3 Å². The van der Waals surface area contributed by atoms with Gasteiger partial charge in [-0.3, -0.25) is 5.10 Å². The molecule has 24 heavy (non-hydrogen) atoms. The second kappa shape index (κ2) is 5.41. The molecule has 8 heteroatoms. The van der Waals surface area contributed by atoms with Gasteiger partial charge < -0.3 is 0 Å². The zero-order chi connectivity index (χ0) is 15.9. The Kier molecular flexibility index (Phi) is 3.08. The quantitative estimate of drug-likeness (QED) is 0.617. The van der Waals surface area contributed by atoms with E-state index in [4.69, 9.17) is 0 Å². The van der Waals surface area contributed by atoms with Crippen LogP contribution in [0.15, 0.2) is 52.6 Å². The number of benzene rings is 1. The zero-order valence-corrected chi connectivity index (χ0v) is 13.4. The molecule has 3 aromatic heterocycles. The Morgan fingerprint density at radius 3 is 2.75 bits per heavy atom. The summed E-state index contributed by atoms with van der Waals surface area (Å²) in [5.74, 6) is 2.26. The largest absolute Gasteiger partial charge is 0.262 e. The smallest absolute Gasteiger partial charge is 0.214 e. The summed E-state index contributed by atoms with van der Waals surface area (Å²) in [5.41, 5.74) is 1.69. The lowest BCUT2D eigenvalue weighted by Crippen LogP contribution is -1.96. The summed E-state index contributed by atoms with van der Waals surface area (Å²) < 4.78 is 1.76. The van der Waals surface area contributed by atoms with Gasteiger partial charge in [0.1, 0.15) is 10.9 Å². The molecule has 1 N–H and O–H groups in total. The molecule has 0 amide bonds. The van der Waals surface area contributed by atoms with Crippen LogP contribution < -0.4 is 0 Å². The van der Waals surface area contributed by atoms with Gasteiger partial charge in [0, 0.05) is 11.5 Å². The van der Waals surface area contributed by atoms with Crippen LogP contribution in [0.2, 0.25) is 0 Å². The highest BCUT2D eigenvalue weighted by atomic mass is 32.2. The molecular weight excluding hydrogens is 322 g/mol. The Balaban J connectivity index is 1.50. The van der Waals surface area contributed by atoms with Crippen molar-refractivity contribution in [2.75, 3.05) is 0 Å². The summed E-state index contributed by atoms with van der Waals surface area (Å²) in [6.45, 7) is 0. The summed E-state index contributed by atoms with van der Waals surface area (Å²) in [5, 5.41) is 21.9. The Bertz CT molecular complexity index is 1000. The van der Waals surface area contributed by atoms with E-state index >= 15 is 0 Å². The van der Waals surface area contributed by atoms with E-state index in [-0.39, 0.29) is 0 Å². The van der Waals surface area contributed by atoms with Crippen molar-refractivity contribution in [3.05, 3.63) is 48.3 Å². The molecule has 7 nitrogen and oxygen atoms in total. The van der Waals surface area contributed by atoms with Crippen LogP contribution in [-0.4, -0.2) is 35.0 Å². The average Bonchev–Trinajstić information content (AvgIpc) is 3.23. The van der Waals surface area contributed by atoms with Crippen molar-refractivity contribution in [1.29, 1.82) is 0 Å². The number of hydrogen-bond donors (Lipinski definition) is 1. The number of hydrogen-bond acceptors (Lipinski definition) is 6. The number of aromatic amines is 1. The number of H-pyrrole nitrogens is 1. The molecule has 0 spiro atoms. The maximum Gasteiger partial charge on any atom is 0.214 e. The SMILES string of the molecule is c1ccc(-c2nnc3ccc(Sc4n[nH]c(C5CC5)n4)nn23)cc1. The van der Waals surface area contributed by atoms with Crippen LogP contribution in [0.5, 0.6) is 0 Å². The van der Waals surface area contributed by atoms with E-state index in [9.17, 15) is 0 Å². The molecule has 0 bridgehead atoms. The lowest BCUT2D eigenvalue weighted by molar-refractivity contribution is 0.855. The molecule has 1 aromatic carbocycles. The van der Waals surface area contributed by atoms with Crippen LogP contribution in [0, 0.1) is 0 Å². The first-order valence-corrected chi connectivity index (χ1v) is 8.56. The minimum atomic E-state index is 0.560. The third-order valence-electron chi connectivity index (χ3n) is 3.91. The summed E-state index contributed by atoms with van der Waals surface area (Å²) in [6.07, 6.45) is 2.40. The van der Waals surface area contributed by atoms with Gasteiger partial charge >= 0.3 is 0 Å². The van der Waals surface area contributed by atoms with Crippen LogP contribution >= 0.6 is 11.8 Å². The maximum absolute atomic E-state index is 4.64. The molecular formula is C16H13N7S. The van der Waals surface area contributed by atoms with E-state index in [1.165, 1.54) is 24.6 Å². The van der Waals surface area contributed by atoms with Crippen LogP contribution in [0.3, 0.4) is 0 Å². The molecule has 118 valence electrons. The van der Waals surface area contributed by atoms with Crippen molar-refractivity contribution in [1.82, 2.24) is 35.0 Å². The minimum absolute atomic E-state index is 0.560. The lowest BCUT2D eigenvalue weighted by atomic mass is 10.2. The molecule has 0 saturated heterocycles. The number of nitrogens with zero attached hydrogens (tertiary/aromatic N) is 6. The van der Waals surface area contributed by atoms with Gasteiger partial charge in [0.05, 0.1) is 0 Å². The lowest BCUT2D eigenvalue weighted by Gasteiger charge is -2.01. The van der Waals surface area contributed by atoms with Crippen molar-refractivity contribution in [3.63, 3.8) is 0 Å². The van der Waals surface area contributed by atoms with Crippen molar-refractivity contribution in [2.45, 2.75) is 28.9 Å². The van der Waals surface area contributed by atoms with Gasteiger partial charge in [-0.05, 0) is 36.7 Å². The van der Waals surface area contributed by atoms with Crippen molar-refractivity contribution < 1.29 is 0 Å². The predicted molar refractivity (Wildman–Crippen MR) is 88.7 cm³/mol. The third kappa shape index (κ3) is 2.44. The molecule has 1 fully saturated rings. The first-order chi connectivity index (χ1) is 11.9. The van der Waals surface area contributed by atoms with Crippen molar-refractivity contribution in [3.8, 4) is 11.4 Å². The summed E-state index contributed by atoms with van der Waals surface area (Å²) in [7, 11) is 0. The Morgan fingerprint density at radius 2 is 1.92 bits per heavy atom. The van der Waals surface area contributed by atoms with Crippen molar-refractivity contribution in [2.24, 2.45) is 0 Å². The topological polar surface area (TPSA) is 84.6 Å². The predicted octanol–water partition coefficient (Wildman–Crippen LogP) is 2.94. The second-order valence-electron chi connectivity index (χ2n) is 5.71. The highest BCUT2D eigenvalue weighted by molar-refractivity contribution is 7.99. The molecule has 0 aliphatic heterocycles. The van der Waals surface area contributed by atoms with Crippen LogP contribution in [0.25, 0.3) is 17.0 Å². The van der Waals surface area contributed by atoms with Gasteiger partial charge in [0.25, 0.3) is 0 Å². The van der Waals surface area contributed by atoms with E-state index < -0.39 is 0 Å². The van der Waals surface area contributed by atoms with Crippen LogP contribution in [-0.2, 0) is 0 Å². The van der Waals surface area contributed by atoms with Crippen molar-refractivity contribution >= 4 is 17.4 Å². The fourth-order valence-corrected chi connectivity index (χ4v) is 3.21. The number of rotatable bonds is 4. The molecule has 5 rings (SSSR count). The maximum atomic E-state index is 4.64. The Labute approximate surface area is 141 Å². The fraction of sp³-hybridized carbons (Fsp3) is 0.188. The van der Waals surface area contributed by atoms with Gasteiger partial charge in [-0.25, -0.2) is 4.98 Å². The van der Waals surface area contributed by atoms with E-state index in [1.54, 1.807) is 4.52 Å². The molecule has 0 atom stereocenters. The number of aromatic nitrogens is 7. The summed E-state index contributed by atoms with van der Waals surface area (Å²) in [6, 6.07) is 13.7. The Hall–Kier alpha value is -2.74. The van der Waals surface area contributed by atoms with Crippen LogP contribution in [0.1, 0.15) is 24.6 Å². The first kappa shape index (κ1) is 13.7. The molecule has 1 aliphatic carbocycles. The van der Waals surface area contributed by atoms with E-state index in [0.717, 1.165) is 22.2 Å². The molecule has 0 unspecified atom stereocenters. The van der Waals surface area contributed by atoms with Crippen LogP contribution in [0.4, 0.5) is 0 Å². The molecule has 4 aromatic rings. The second-order valence-corrected chi connectivity index (χ2v) is 6.70. The average molecular weight is 335 g/mol. The fourth-order valence-electron chi connectivity index (χ4n) is 2.53.